The summed E-state index contributed by atoms with van der Waals surface area (Å²) in [5.74, 6) is 0.816. The van der Waals surface area contributed by atoms with Crippen LogP contribution in [0.1, 0.15) is 24.5 Å². The van der Waals surface area contributed by atoms with Crippen LogP contribution in [-0.2, 0) is 0 Å². The van der Waals surface area contributed by atoms with Crippen LogP contribution in [0.15, 0.2) is 22.7 Å². The van der Waals surface area contributed by atoms with Crippen molar-refractivity contribution in [3.8, 4) is 5.75 Å². The Bertz CT molecular complexity index is 457. The molecule has 3 nitrogen and oxygen atoms in total. The number of fused-ring (bicyclic) bond motifs is 1. The third-order valence-electron chi connectivity index (χ3n) is 2.45. The lowest BCUT2D eigenvalue weighted by atomic mass is 10.1. The average molecular weight is 175 g/mol. The van der Waals surface area contributed by atoms with Crippen LogP contribution in [0.5, 0.6) is 5.75 Å². The van der Waals surface area contributed by atoms with E-state index in [1.807, 2.05) is 6.07 Å². The summed E-state index contributed by atoms with van der Waals surface area (Å²) >= 11 is 0. The van der Waals surface area contributed by atoms with Gasteiger partial charge in [0.15, 0.2) is 5.58 Å². The van der Waals surface area contributed by atoms with Crippen molar-refractivity contribution in [2.24, 2.45) is 0 Å². The number of phenols is 1. The van der Waals surface area contributed by atoms with Crippen LogP contribution >= 0.6 is 0 Å². The molecular weight excluding hydrogens is 166 g/mol. The first-order valence-corrected chi connectivity index (χ1v) is 4.43. The minimum Gasteiger partial charge on any atom is -0.508 e. The number of aromatic nitrogens is 1. The second-order valence-electron chi connectivity index (χ2n) is 3.52. The van der Waals surface area contributed by atoms with Gasteiger partial charge in [-0.05, 0) is 25.0 Å². The van der Waals surface area contributed by atoms with Crippen LogP contribution in [-0.4, -0.2) is 10.3 Å². The first-order chi connectivity index (χ1) is 6.34. The lowest BCUT2D eigenvalue weighted by Crippen LogP contribution is -1.77. The molecule has 1 N–H and O–H groups in total. The van der Waals surface area contributed by atoms with Gasteiger partial charge in [0.1, 0.15) is 5.75 Å². The van der Waals surface area contributed by atoms with Crippen LogP contribution in [0.3, 0.4) is 0 Å². The maximum atomic E-state index is 9.21. The summed E-state index contributed by atoms with van der Waals surface area (Å²) in [6.07, 6.45) is 2.42. The maximum Gasteiger partial charge on any atom is 0.170 e. The molecule has 1 heterocycles. The van der Waals surface area contributed by atoms with Crippen LogP contribution in [0.2, 0.25) is 0 Å². The fourth-order valence-electron chi connectivity index (χ4n) is 1.60. The number of aromatic hydroxyl groups is 1. The third-order valence-corrected chi connectivity index (χ3v) is 2.45. The minimum atomic E-state index is 0.228. The molecule has 1 saturated carbocycles. The number of nitrogens with zero attached hydrogens (tertiary/aromatic N) is 1. The van der Waals surface area contributed by atoms with E-state index in [-0.39, 0.29) is 5.75 Å². The Morgan fingerprint density at radius 2 is 2.23 bits per heavy atom. The van der Waals surface area contributed by atoms with E-state index in [0.29, 0.717) is 11.5 Å². The zero-order valence-electron chi connectivity index (χ0n) is 7.03. The molecule has 13 heavy (non-hydrogen) atoms. The predicted molar refractivity (Wildman–Crippen MR) is 47.6 cm³/mol. The summed E-state index contributed by atoms with van der Waals surface area (Å²) in [4.78, 5) is 0. The normalized spacial score (nSPS) is 16.6. The lowest BCUT2D eigenvalue weighted by Gasteiger charge is -1.91. The highest BCUT2D eigenvalue weighted by Crippen LogP contribution is 2.42. The van der Waals surface area contributed by atoms with Gasteiger partial charge in [-0.15, -0.1) is 0 Å². The highest BCUT2D eigenvalue weighted by Gasteiger charge is 2.28. The molecule has 0 bridgehead atoms. The molecule has 1 aromatic heterocycles. The summed E-state index contributed by atoms with van der Waals surface area (Å²) in [7, 11) is 0. The Morgan fingerprint density at radius 3 is 3.00 bits per heavy atom. The quantitative estimate of drug-likeness (QED) is 0.723. The van der Waals surface area contributed by atoms with Crippen molar-refractivity contribution >= 4 is 11.0 Å². The van der Waals surface area contributed by atoms with Gasteiger partial charge in [-0.1, -0.05) is 5.16 Å². The van der Waals surface area contributed by atoms with Crippen molar-refractivity contribution in [1.29, 1.82) is 0 Å². The average Bonchev–Trinajstić information content (AvgIpc) is 2.87. The molecule has 3 heteroatoms. The zero-order chi connectivity index (χ0) is 8.84. The molecule has 0 unspecified atom stereocenters. The summed E-state index contributed by atoms with van der Waals surface area (Å²) in [6, 6.07) is 5.15. The number of hydrogen-bond acceptors (Lipinski definition) is 3. The largest absolute Gasteiger partial charge is 0.508 e. The molecule has 0 saturated heterocycles. The van der Waals surface area contributed by atoms with E-state index in [2.05, 4.69) is 5.16 Å². The lowest BCUT2D eigenvalue weighted by molar-refractivity contribution is 0.441. The first-order valence-electron chi connectivity index (χ1n) is 4.43. The van der Waals surface area contributed by atoms with Crippen LogP contribution in [0.25, 0.3) is 11.0 Å². The van der Waals surface area contributed by atoms with Gasteiger partial charge in [-0.2, -0.15) is 0 Å². The molecule has 0 spiro atoms. The SMILES string of the molecule is Oc1ccc2c(C3CC3)noc2c1. The van der Waals surface area contributed by atoms with Gasteiger partial charge in [0.25, 0.3) is 0 Å². The number of rotatable bonds is 1. The van der Waals surface area contributed by atoms with Crippen molar-refractivity contribution in [2.75, 3.05) is 0 Å². The van der Waals surface area contributed by atoms with Crippen LogP contribution in [0.4, 0.5) is 0 Å². The molecule has 0 amide bonds. The van der Waals surface area contributed by atoms with Gasteiger partial charge in [0.05, 0.1) is 5.69 Å². The van der Waals surface area contributed by atoms with E-state index in [1.165, 1.54) is 12.8 Å². The van der Waals surface area contributed by atoms with E-state index in [0.717, 1.165) is 11.1 Å². The molecule has 2 aromatic rings. The molecule has 0 radical (unpaired) electrons. The molecular formula is C10H9NO2. The standard InChI is InChI=1S/C10H9NO2/c12-7-3-4-8-9(5-7)13-11-10(8)6-1-2-6/h3-6,12H,1-2H2. The predicted octanol–water partition coefficient (Wildman–Crippen LogP) is 2.41. The first kappa shape index (κ1) is 6.95. The van der Waals surface area contributed by atoms with Crippen molar-refractivity contribution < 1.29 is 9.63 Å². The van der Waals surface area contributed by atoms with E-state index >= 15 is 0 Å². The molecule has 0 aliphatic heterocycles. The number of phenolic OH excluding ortho intramolecular Hbond substituents is 1. The Balaban J connectivity index is 2.26. The highest BCUT2D eigenvalue weighted by molar-refractivity contribution is 5.81. The molecule has 1 aliphatic carbocycles. The molecule has 0 atom stereocenters. The zero-order valence-corrected chi connectivity index (χ0v) is 7.03. The molecule has 66 valence electrons. The van der Waals surface area contributed by atoms with Gasteiger partial charge < -0.3 is 9.63 Å². The Kier molecular flexibility index (Phi) is 1.20. The van der Waals surface area contributed by atoms with Gasteiger partial charge in [-0.3, -0.25) is 0 Å². The fraction of sp³-hybridized carbons (Fsp3) is 0.300. The summed E-state index contributed by atoms with van der Waals surface area (Å²) in [5, 5.41) is 14.3. The molecule has 1 aromatic carbocycles. The van der Waals surface area contributed by atoms with E-state index in [4.69, 9.17) is 4.52 Å². The molecule has 1 fully saturated rings. The summed E-state index contributed by atoms with van der Waals surface area (Å²) in [6.45, 7) is 0. The number of benzene rings is 1. The second-order valence-corrected chi connectivity index (χ2v) is 3.52. The highest BCUT2D eigenvalue weighted by atomic mass is 16.5. The second kappa shape index (κ2) is 2.25. The van der Waals surface area contributed by atoms with Crippen molar-refractivity contribution in [3.05, 3.63) is 23.9 Å². The Hall–Kier alpha value is -1.51. The molecule has 3 rings (SSSR count). The molecule has 1 aliphatic rings. The Morgan fingerprint density at radius 1 is 1.38 bits per heavy atom. The van der Waals surface area contributed by atoms with Crippen molar-refractivity contribution in [2.45, 2.75) is 18.8 Å². The topological polar surface area (TPSA) is 46.3 Å². The van der Waals surface area contributed by atoms with Gasteiger partial charge >= 0.3 is 0 Å². The van der Waals surface area contributed by atoms with E-state index in [9.17, 15) is 5.11 Å². The number of hydrogen-bond donors (Lipinski definition) is 1. The van der Waals surface area contributed by atoms with E-state index in [1.54, 1.807) is 12.1 Å². The van der Waals surface area contributed by atoms with Crippen LogP contribution < -0.4 is 0 Å². The monoisotopic (exact) mass is 175 g/mol. The maximum absolute atomic E-state index is 9.21. The van der Waals surface area contributed by atoms with Crippen molar-refractivity contribution in [3.63, 3.8) is 0 Å². The van der Waals surface area contributed by atoms with Gasteiger partial charge in [0.2, 0.25) is 0 Å². The van der Waals surface area contributed by atoms with Crippen LogP contribution in [0, 0.1) is 0 Å². The smallest absolute Gasteiger partial charge is 0.170 e. The van der Waals surface area contributed by atoms with Crippen molar-refractivity contribution in [1.82, 2.24) is 5.16 Å². The summed E-state index contributed by atoms with van der Waals surface area (Å²) < 4.78 is 5.12. The third kappa shape index (κ3) is 1.00. The Labute approximate surface area is 75.0 Å². The van der Waals surface area contributed by atoms with E-state index < -0.39 is 0 Å². The van der Waals surface area contributed by atoms with Gasteiger partial charge in [0, 0.05) is 17.4 Å². The fourth-order valence-corrected chi connectivity index (χ4v) is 1.60. The summed E-state index contributed by atoms with van der Waals surface area (Å²) in [5.41, 5.74) is 1.73. The van der Waals surface area contributed by atoms with Gasteiger partial charge in [-0.25, -0.2) is 0 Å². The minimum absolute atomic E-state index is 0.228.